The van der Waals surface area contributed by atoms with Gasteiger partial charge >= 0.3 is 0 Å². The predicted octanol–water partition coefficient (Wildman–Crippen LogP) is 4.32. The minimum absolute atomic E-state index is 0.00798. The highest BCUT2D eigenvalue weighted by Gasteiger charge is 2.46. The summed E-state index contributed by atoms with van der Waals surface area (Å²) in [6.07, 6.45) is 0.835. The number of carbonyl (C=O) groups is 1. The van der Waals surface area contributed by atoms with Crippen LogP contribution in [-0.2, 0) is 4.79 Å². The Labute approximate surface area is 129 Å². The van der Waals surface area contributed by atoms with Crippen molar-refractivity contribution in [3.63, 3.8) is 0 Å². The largest absolute Gasteiger partial charge is 0.298 e. The second-order valence-corrected chi connectivity index (χ2v) is 5.82. The van der Waals surface area contributed by atoms with E-state index < -0.39 is 5.92 Å². The average molecular weight is 296 g/mol. The van der Waals surface area contributed by atoms with Crippen LogP contribution >= 0.6 is 11.6 Å². The summed E-state index contributed by atoms with van der Waals surface area (Å²) in [4.78, 5) is 12.6. The lowest BCUT2D eigenvalue weighted by atomic mass is 9.92. The molecule has 2 nitrogen and oxygen atoms in total. The van der Waals surface area contributed by atoms with Crippen molar-refractivity contribution in [2.75, 3.05) is 0 Å². The van der Waals surface area contributed by atoms with E-state index in [0.717, 1.165) is 6.42 Å². The van der Waals surface area contributed by atoms with Gasteiger partial charge in [-0.3, -0.25) is 4.79 Å². The van der Waals surface area contributed by atoms with Gasteiger partial charge in [0.05, 0.1) is 6.07 Å². The minimum Gasteiger partial charge on any atom is -0.298 e. The molecule has 21 heavy (non-hydrogen) atoms. The molecule has 3 rings (SSSR count). The maximum Gasteiger partial charge on any atom is 0.158 e. The Morgan fingerprint density at radius 1 is 1.19 bits per heavy atom. The predicted molar refractivity (Wildman–Crippen MR) is 82.1 cm³/mol. The maximum absolute atomic E-state index is 12.6. The molecular weight excluding hydrogens is 282 g/mol. The van der Waals surface area contributed by atoms with Crippen LogP contribution in [0, 0.1) is 17.2 Å². The van der Waals surface area contributed by atoms with Gasteiger partial charge in [0.1, 0.15) is 5.92 Å². The summed E-state index contributed by atoms with van der Waals surface area (Å²) in [6, 6.07) is 19.1. The number of Topliss-reactive ketones (excluding diaryl/α,β-unsaturated/α-hetero) is 1. The zero-order chi connectivity index (χ0) is 14.8. The van der Waals surface area contributed by atoms with Crippen LogP contribution in [0.5, 0.6) is 0 Å². The van der Waals surface area contributed by atoms with Crippen molar-refractivity contribution >= 4 is 17.4 Å². The molecule has 0 saturated heterocycles. The van der Waals surface area contributed by atoms with Gasteiger partial charge in [0.2, 0.25) is 0 Å². The molecule has 1 saturated carbocycles. The molecule has 3 atom stereocenters. The van der Waals surface area contributed by atoms with Gasteiger partial charge in [0, 0.05) is 10.9 Å². The normalized spacial score (nSPS) is 21.3. The Balaban J connectivity index is 1.78. The number of carbonyl (C=O) groups excluding carboxylic acids is 1. The van der Waals surface area contributed by atoms with E-state index in [1.807, 2.05) is 30.3 Å². The highest BCUT2D eigenvalue weighted by atomic mass is 35.5. The number of benzene rings is 2. The fraction of sp³-hybridized carbons (Fsp3) is 0.222. The fourth-order valence-corrected chi connectivity index (χ4v) is 2.98. The van der Waals surface area contributed by atoms with E-state index in [1.165, 1.54) is 5.56 Å². The Bertz CT molecular complexity index is 705. The summed E-state index contributed by atoms with van der Waals surface area (Å²) in [5, 5.41) is 9.91. The van der Waals surface area contributed by atoms with Crippen molar-refractivity contribution in [1.82, 2.24) is 0 Å². The fourth-order valence-electron chi connectivity index (χ4n) is 2.78. The first-order valence-electron chi connectivity index (χ1n) is 6.94. The molecule has 0 amide bonds. The summed E-state index contributed by atoms with van der Waals surface area (Å²) < 4.78 is 0. The van der Waals surface area contributed by atoms with Crippen LogP contribution < -0.4 is 0 Å². The van der Waals surface area contributed by atoms with Crippen molar-refractivity contribution in [2.24, 2.45) is 5.92 Å². The van der Waals surface area contributed by atoms with E-state index in [1.54, 1.807) is 24.3 Å². The number of halogens is 1. The summed E-state index contributed by atoms with van der Waals surface area (Å²) in [5.74, 6) is -0.499. The van der Waals surface area contributed by atoms with Crippen LogP contribution in [0.3, 0.4) is 0 Å². The molecule has 2 aromatic carbocycles. The summed E-state index contributed by atoms with van der Waals surface area (Å²) in [5.41, 5.74) is 1.87. The van der Waals surface area contributed by atoms with E-state index >= 15 is 0 Å². The van der Waals surface area contributed by atoms with Crippen molar-refractivity contribution in [1.29, 1.82) is 5.26 Å². The second-order valence-electron chi connectivity index (χ2n) is 5.38. The zero-order valence-corrected chi connectivity index (χ0v) is 12.1. The standard InChI is InChI=1S/C18H14ClNO/c19-14-8-4-7-13(9-14)17(11-20)18(21)16-10-15(16)12-5-2-1-3-6-12/h1-9,15-17H,10H2. The van der Waals surface area contributed by atoms with Crippen molar-refractivity contribution in [3.8, 4) is 6.07 Å². The van der Waals surface area contributed by atoms with E-state index in [0.29, 0.717) is 10.6 Å². The molecule has 3 unspecified atom stereocenters. The third-order valence-electron chi connectivity index (χ3n) is 3.98. The number of ketones is 1. The monoisotopic (exact) mass is 295 g/mol. The average Bonchev–Trinajstić information content (AvgIpc) is 3.29. The van der Waals surface area contributed by atoms with Gasteiger partial charge in [-0.15, -0.1) is 0 Å². The Kier molecular flexibility index (Phi) is 3.77. The molecule has 0 spiro atoms. The molecule has 2 aromatic rings. The topological polar surface area (TPSA) is 40.9 Å². The molecule has 0 bridgehead atoms. The lowest BCUT2D eigenvalue weighted by Crippen LogP contribution is -2.13. The summed E-state index contributed by atoms with van der Waals surface area (Å²) in [6.45, 7) is 0. The molecule has 1 fully saturated rings. The van der Waals surface area contributed by atoms with Crippen molar-refractivity contribution in [2.45, 2.75) is 18.3 Å². The van der Waals surface area contributed by atoms with Gasteiger partial charge in [-0.05, 0) is 35.6 Å². The van der Waals surface area contributed by atoms with E-state index in [9.17, 15) is 10.1 Å². The van der Waals surface area contributed by atoms with Gasteiger partial charge in [-0.2, -0.15) is 5.26 Å². The molecule has 1 aliphatic carbocycles. The van der Waals surface area contributed by atoms with Crippen LogP contribution in [0.1, 0.15) is 29.4 Å². The first-order valence-corrected chi connectivity index (χ1v) is 7.32. The Hall–Kier alpha value is -2.11. The molecule has 0 aliphatic heterocycles. The van der Waals surface area contributed by atoms with Crippen molar-refractivity contribution in [3.05, 3.63) is 70.7 Å². The highest BCUT2D eigenvalue weighted by molar-refractivity contribution is 6.30. The Morgan fingerprint density at radius 3 is 2.62 bits per heavy atom. The molecule has 3 heteroatoms. The lowest BCUT2D eigenvalue weighted by Gasteiger charge is -2.09. The minimum atomic E-state index is -0.720. The van der Waals surface area contributed by atoms with Gasteiger partial charge < -0.3 is 0 Å². The number of hydrogen-bond donors (Lipinski definition) is 0. The van der Waals surface area contributed by atoms with Crippen LogP contribution in [0.25, 0.3) is 0 Å². The van der Waals surface area contributed by atoms with Gasteiger partial charge in [-0.1, -0.05) is 54.1 Å². The molecular formula is C18H14ClNO. The molecule has 0 aromatic heterocycles. The van der Waals surface area contributed by atoms with Crippen LogP contribution in [0.15, 0.2) is 54.6 Å². The quantitative estimate of drug-likeness (QED) is 0.843. The second kappa shape index (κ2) is 5.71. The van der Waals surface area contributed by atoms with Gasteiger partial charge in [0.15, 0.2) is 5.78 Å². The van der Waals surface area contributed by atoms with Gasteiger partial charge in [0.25, 0.3) is 0 Å². The number of hydrogen-bond acceptors (Lipinski definition) is 2. The molecule has 1 aliphatic rings. The smallest absolute Gasteiger partial charge is 0.158 e. The van der Waals surface area contributed by atoms with Crippen LogP contribution in [-0.4, -0.2) is 5.78 Å². The number of nitriles is 1. The van der Waals surface area contributed by atoms with E-state index in [2.05, 4.69) is 6.07 Å². The molecule has 0 heterocycles. The Morgan fingerprint density at radius 2 is 1.95 bits per heavy atom. The van der Waals surface area contributed by atoms with E-state index in [4.69, 9.17) is 11.6 Å². The van der Waals surface area contributed by atoms with Crippen molar-refractivity contribution < 1.29 is 4.79 Å². The van der Waals surface area contributed by atoms with E-state index in [-0.39, 0.29) is 17.6 Å². The maximum atomic E-state index is 12.6. The highest BCUT2D eigenvalue weighted by Crippen LogP contribution is 2.50. The molecule has 0 radical (unpaired) electrons. The molecule has 0 N–H and O–H groups in total. The van der Waals surface area contributed by atoms with Crippen LogP contribution in [0.4, 0.5) is 0 Å². The lowest BCUT2D eigenvalue weighted by molar-refractivity contribution is -0.120. The molecule has 104 valence electrons. The third kappa shape index (κ3) is 2.84. The third-order valence-corrected chi connectivity index (χ3v) is 4.21. The first kappa shape index (κ1) is 13.9. The first-order chi connectivity index (χ1) is 10.2. The summed E-state index contributed by atoms with van der Waals surface area (Å²) >= 11 is 5.95. The number of nitrogens with zero attached hydrogens (tertiary/aromatic N) is 1. The zero-order valence-electron chi connectivity index (χ0n) is 11.4. The van der Waals surface area contributed by atoms with Gasteiger partial charge in [-0.25, -0.2) is 0 Å². The number of rotatable bonds is 4. The SMILES string of the molecule is N#CC(C(=O)C1CC1c1ccccc1)c1cccc(Cl)c1. The summed E-state index contributed by atoms with van der Waals surface area (Å²) in [7, 11) is 0. The van der Waals surface area contributed by atoms with Crippen LogP contribution in [0.2, 0.25) is 5.02 Å².